The number of hydrogen-bond acceptors (Lipinski definition) is 2. The molecule has 3 aromatic rings. The van der Waals surface area contributed by atoms with Crippen LogP contribution in [0.3, 0.4) is 0 Å². The number of anilines is 1. The quantitative estimate of drug-likeness (QED) is 0.526. The highest BCUT2D eigenvalue weighted by atomic mass is 31.1. The molecule has 0 aromatic heterocycles. The van der Waals surface area contributed by atoms with E-state index in [2.05, 4.69) is 5.73 Å². The summed E-state index contributed by atoms with van der Waals surface area (Å²) < 4.78 is 53.4. The Labute approximate surface area is 149 Å². The summed E-state index contributed by atoms with van der Waals surface area (Å²) in [6.45, 7) is 0. The van der Waals surface area contributed by atoms with E-state index >= 15 is 0 Å². The first-order valence-electron chi connectivity index (χ1n) is 7.66. The summed E-state index contributed by atoms with van der Waals surface area (Å²) in [5.41, 5.74) is 10.2. The molecule has 0 bridgehead atoms. The summed E-state index contributed by atoms with van der Waals surface area (Å²) in [4.78, 5) is 0. The zero-order chi connectivity index (χ0) is 18.9. The van der Waals surface area contributed by atoms with Gasteiger partial charge in [0, 0.05) is 17.1 Å². The molecule has 132 valence electrons. The van der Waals surface area contributed by atoms with Gasteiger partial charge in [-0.2, -0.15) is 13.2 Å². The average Bonchev–Trinajstić information content (AvgIpc) is 2.59. The van der Waals surface area contributed by atoms with E-state index in [-0.39, 0.29) is 24.9 Å². The van der Waals surface area contributed by atoms with Crippen molar-refractivity contribution in [3.05, 3.63) is 66.2 Å². The second-order valence-electron chi connectivity index (χ2n) is 5.83. The second-order valence-corrected chi connectivity index (χ2v) is 6.53. The van der Waals surface area contributed by atoms with Crippen LogP contribution in [0.25, 0.3) is 22.3 Å². The third-order valence-electron chi connectivity index (χ3n) is 3.95. The highest BCUT2D eigenvalue weighted by Gasteiger charge is 2.37. The van der Waals surface area contributed by atoms with E-state index in [1.165, 1.54) is 18.2 Å². The van der Waals surface area contributed by atoms with Crippen molar-refractivity contribution in [3.63, 3.8) is 0 Å². The molecule has 26 heavy (non-hydrogen) atoms. The number of benzene rings is 3. The minimum absolute atomic E-state index is 0.0405. The Kier molecular flexibility index (Phi) is 4.81. The van der Waals surface area contributed by atoms with Crippen molar-refractivity contribution in [3.8, 4) is 22.3 Å². The molecule has 0 aliphatic carbocycles. The van der Waals surface area contributed by atoms with Crippen LogP contribution in [0, 0.1) is 0 Å². The molecule has 0 unspecified atom stereocenters. The van der Waals surface area contributed by atoms with Crippen molar-refractivity contribution in [1.82, 2.24) is 0 Å². The predicted octanol–water partition coefficient (Wildman–Crippen LogP) is 4.41. The van der Waals surface area contributed by atoms with Crippen LogP contribution in [0.15, 0.2) is 60.7 Å². The van der Waals surface area contributed by atoms with E-state index in [0.29, 0.717) is 22.5 Å². The summed E-state index contributed by atoms with van der Waals surface area (Å²) in [6, 6.07) is 15.3. The van der Waals surface area contributed by atoms with Crippen LogP contribution in [0.5, 0.6) is 0 Å². The lowest BCUT2D eigenvalue weighted by Crippen LogP contribution is -2.39. The maximum atomic E-state index is 14.0. The molecule has 0 saturated heterocycles. The number of nitrogens with two attached hydrogens (primary N) is 1. The minimum atomic E-state index is -4.61. The molecule has 0 aliphatic rings. The highest BCUT2D eigenvalue weighted by Crippen LogP contribution is 2.43. The molecule has 0 aliphatic heterocycles. The number of hydrogen-bond donors (Lipinski definition) is 2. The summed E-state index contributed by atoms with van der Waals surface area (Å²) in [5.74, 6) is 0. The minimum Gasteiger partial charge on any atom is -0.399 e. The van der Waals surface area contributed by atoms with Crippen LogP contribution in [0.4, 0.5) is 24.5 Å². The number of rotatable bonds is 3. The van der Waals surface area contributed by atoms with Gasteiger partial charge in [-0.15, -0.1) is 0 Å². The van der Waals surface area contributed by atoms with Crippen LogP contribution in [-0.4, -0.2) is 0 Å². The lowest BCUT2D eigenvalue weighted by molar-refractivity contribution is -0.254. The molecule has 7 heteroatoms. The molecular formula is C19H15F3N2OP+. The second kappa shape index (κ2) is 6.90. The normalized spacial score (nSPS) is 11.7. The van der Waals surface area contributed by atoms with Crippen molar-refractivity contribution in [2.75, 3.05) is 5.73 Å². The molecule has 5 N–H and O–H groups in total. The Morgan fingerprint density at radius 2 is 1.46 bits per heavy atom. The monoisotopic (exact) mass is 375 g/mol. The maximum Gasteiger partial charge on any atom is 0.417 e. The first-order valence-corrected chi connectivity index (χ1v) is 8.48. The molecule has 0 fully saturated rings. The van der Waals surface area contributed by atoms with Crippen molar-refractivity contribution in [2.45, 2.75) is 6.18 Å². The summed E-state index contributed by atoms with van der Waals surface area (Å²) >= 11 is 0. The van der Waals surface area contributed by atoms with E-state index in [9.17, 15) is 17.7 Å². The molecule has 0 atom stereocenters. The van der Waals surface area contributed by atoms with E-state index in [0.717, 1.165) is 0 Å². The Balaban J connectivity index is 2.40. The molecule has 3 nitrogen and oxygen atoms in total. The van der Waals surface area contributed by atoms with Crippen molar-refractivity contribution >= 4 is 25.1 Å². The van der Waals surface area contributed by atoms with Gasteiger partial charge in [-0.3, -0.25) is 4.57 Å². The van der Waals surface area contributed by atoms with Gasteiger partial charge >= 0.3 is 6.18 Å². The first kappa shape index (κ1) is 18.1. The van der Waals surface area contributed by atoms with Crippen LogP contribution in [0.2, 0.25) is 0 Å². The van der Waals surface area contributed by atoms with Gasteiger partial charge in [-0.25, -0.2) is 0 Å². The van der Waals surface area contributed by atoms with Gasteiger partial charge in [0.1, 0.15) is 5.69 Å². The zero-order valence-electron chi connectivity index (χ0n) is 13.5. The van der Waals surface area contributed by atoms with Crippen molar-refractivity contribution < 1.29 is 23.5 Å². The van der Waals surface area contributed by atoms with Crippen LogP contribution < -0.4 is 16.8 Å². The molecule has 3 aromatic carbocycles. The van der Waals surface area contributed by atoms with Gasteiger partial charge in [0.2, 0.25) is 0 Å². The Morgan fingerprint density at radius 1 is 0.885 bits per heavy atom. The Bertz CT molecular complexity index is 920. The fraction of sp³-hybridized carbons (Fsp3) is 0.0526. The molecule has 0 radical (unpaired) electrons. The topological polar surface area (TPSA) is 70.7 Å². The van der Waals surface area contributed by atoms with E-state index in [1.54, 1.807) is 42.5 Å². The van der Waals surface area contributed by atoms with Crippen LogP contribution in [-0.2, 0) is 10.7 Å². The number of nitrogen functional groups attached to an aromatic ring is 1. The number of alkyl halides is 3. The lowest BCUT2D eigenvalue weighted by Gasteiger charge is -2.19. The van der Waals surface area contributed by atoms with Gasteiger partial charge in [0.05, 0.1) is 5.56 Å². The van der Waals surface area contributed by atoms with Crippen LogP contribution in [0.1, 0.15) is 5.56 Å². The average molecular weight is 375 g/mol. The standard InChI is InChI=1S/C19H14F3N2OP/c20-19(21,22)18-16(11-3-1-5-13(23)7-11)9-15(26-25)10-17(18)12-4-2-6-14(24)8-12/h1-10H,23-24H2/p+1. The smallest absolute Gasteiger partial charge is 0.399 e. The van der Waals surface area contributed by atoms with Gasteiger partial charge in [-0.1, -0.05) is 24.3 Å². The summed E-state index contributed by atoms with van der Waals surface area (Å²) in [5, 5.41) is 0.250. The molecule has 0 heterocycles. The molecule has 3 rings (SSSR count). The predicted molar refractivity (Wildman–Crippen MR) is 96.5 cm³/mol. The molecule has 0 spiro atoms. The van der Waals surface area contributed by atoms with E-state index in [1.807, 2.05) is 0 Å². The lowest BCUT2D eigenvalue weighted by atomic mass is 9.91. The van der Waals surface area contributed by atoms with Gasteiger partial charge in [-0.05, 0) is 52.6 Å². The first-order chi connectivity index (χ1) is 12.3. The Hall–Kier alpha value is -2.69. The van der Waals surface area contributed by atoms with Crippen molar-refractivity contribution in [2.24, 2.45) is 0 Å². The summed E-state index contributed by atoms with van der Waals surface area (Å²) in [7, 11) is -0.364. The molecular weight excluding hydrogens is 360 g/mol. The van der Waals surface area contributed by atoms with Crippen LogP contribution >= 0.6 is 8.46 Å². The zero-order valence-corrected chi connectivity index (χ0v) is 14.4. The Morgan fingerprint density at radius 3 is 1.96 bits per heavy atom. The van der Waals surface area contributed by atoms with Gasteiger partial charge in [0.15, 0.2) is 8.46 Å². The van der Waals surface area contributed by atoms with E-state index < -0.39 is 11.7 Å². The van der Waals surface area contributed by atoms with Gasteiger partial charge in [0.25, 0.3) is 0 Å². The SMILES string of the molecule is Nc1cccc(-c2cc(P=O)cc(-c3cccc([NH3+])c3)c2C(F)(F)F)c1. The fourth-order valence-electron chi connectivity index (χ4n) is 2.89. The fourth-order valence-corrected chi connectivity index (χ4v) is 3.25. The van der Waals surface area contributed by atoms with E-state index in [4.69, 9.17) is 5.73 Å². The van der Waals surface area contributed by atoms with Gasteiger partial charge < -0.3 is 11.5 Å². The maximum absolute atomic E-state index is 14.0. The third-order valence-corrected chi connectivity index (χ3v) is 4.42. The largest absolute Gasteiger partial charge is 0.417 e. The molecule has 0 amide bonds. The molecule has 0 saturated carbocycles. The highest BCUT2D eigenvalue weighted by molar-refractivity contribution is 7.34. The third kappa shape index (κ3) is 3.62. The summed E-state index contributed by atoms with van der Waals surface area (Å²) in [6.07, 6.45) is -4.61. The number of quaternary nitrogens is 1. The van der Waals surface area contributed by atoms with Crippen molar-refractivity contribution in [1.29, 1.82) is 0 Å². The number of halogens is 3.